The monoisotopic (exact) mass is 259 g/mol. The summed E-state index contributed by atoms with van der Waals surface area (Å²) in [5.41, 5.74) is -0.349. The van der Waals surface area contributed by atoms with E-state index in [4.69, 9.17) is 9.84 Å². The number of aromatic nitrogens is 2. The van der Waals surface area contributed by atoms with Crippen molar-refractivity contribution in [2.75, 3.05) is 32.2 Å². The molecule has 1 aromatic rings. The van der Waals surface area contributed by atoms with E-state index in [9.17, 15) is 14.0 Å². The van der Waals surface area contributed by atoms with Gasteiger partial charge in [0.05, 0.1) is 18.5 Å². The molecule has 0 saturated carbocycles. The maximum atomic E-state index is 13.1. The number of aliphatic carboxylic acids is 1. The number of nitrogens with zero attached hydrogens (tertiary/aromatic N) is 3. The van der Waals surface area contributed by atoms with E-state index in [2.05, 4.69) is 5.10 Å². The lowest BCUT2D eigenvalue weighted by Gasteiger charge is -2.18. The highest BCUT2D eigenvalue weighted by Gasteiger charge is 2.20. The minimum Gasteiger partial charge on any atom is -0.478 e. The van der Waals surface area contributed by atoms with Crippen molar-refractivity contribution in [2.24, 2.45) is 0 Å². The molecule has 1 aromatic heterocycles. The quantitative estimate of drug-likeness (QED) is 0.766. The number of carboxylic acids is 1. The molecule has 1 rings (SSSR count). The van der Waals surface area contributed by atoms with E-state index in [0.717, 1.165) is 6.07 Å². The molecule has 7 nitrogen and oxygen atoms in total. The molecule has 8 heteroatoms. The molecular formula is C10H14FN3O4. The molecule has 0 radical (unpaired) electrons. The van der Waals surface area contributed by atoms with Gasteiger partial charge in [0.1, 0.15) is 0 Å². The van der Waals surface area contributed by atoms with Gasteiger partial charge in [-0.05, 0) is 0 Å². The zero-order valence-electron chi connectivity index (χ0n) is 10.0. The molecule has 1 heterocycles. The van der Waals surface area contributed by atoms with Gasteiger partial charge in [0, 0.05) is 26.8 Å². The number of rotatable bonds is 6. The Balaban J connectivity index is 2.92. The van der Waals surface area contributed by atoms with Gasteiger partial charge in [0.2, 0.25) is 0 Å². The number of alkyl halides is 1. The molecule has 0 amide bonds. The summed E-state index contributed by atoms with van der Waals surface area (Å²) in [6.45, 7) is 0.986. The highest BCUT2D eigenvalue weighted by Crippen LogP contribution is 2.09. The number of methoxy groups -OCH3 is 1. The lowest BCUT2D eigenvalue weighted by Crippen LogP contribution is -2.31. The van der Waals surface area contributed by atoms with Crippen LogP contribution in [0.5, 0.6) is 0 Å². The average Bonchev–Trinajstić information content (AvgIpc) is 2.34. The fourth-order valence-corrected chi connectivity index (χ4v) is 1.25. The van der Waals surface area contributed by atoms with E-state index in [1.807, 2.05) is 0 Å². The minimum absolute atomic E-state index is 0.274. The lowest BCUT2D eigenvalue weighted by atomic mass is 10.4. The topological polar surface area (TPSA) is 84.7 Å². The average molecular weight is 259 g/mol. The summed E-state index contributed by atoms with van der Waals surface area (Å²) in [6.07, 6.45) is -1.25. The van der Waals surface area contributed by atoms with E-state index < -0.39 is 17.8 Å². The van der Waals surface area contributed by atoms with Crippen LogP contribution in [0.3, 0.4) is 0 Å². The standard InChI is InChI=1S/C10H14FN3O4/c1-13(3-4-18-2)7-5-8(15)14(12-6-7)9(11)10(16)17/h5-6,9H,3-4H2,1-2H3,(H,16,17). The van der Waals surface area contributed by atoms with Crippen molar-refractivity contribution in [2.45, 2.75) is 6.30 Å². The van der Waals surface area contributed by atoms with Crippen LogP contribution >= 0.6 is 0 Å². The second-order valence-corrected chi connectivity index (χ2v) is 3.58. The van der Waals surface area contributed by atoms with Crippen molar-refractivity contribution in [3.63, 3.8) is 0 Å². The van der Waals surface area contributed by atoms with Gasteiger partial charge in [-0.25, -0.2) is 9.18 Å². The van der Waals surface area contributed by atoms with E-state index in [1.54, 1.807) is 19.1 Å². The number of carboxylic acid groups (broad SMARTS) is 1. The van der Waals surface area contributed by atoms with Crippen LogP contribution < -0.4 is 10.5 Å². The molecule has 0 saturated heterocycles. The summed E-state index contributed by atoms with van der Waals surface area (Å²) in [4.78, 5) is 23.6. The highest BCUT2D eigenvalue weighted by atomic mass is 19.1. The Hall–Kier alpha value is -1.96. The molecule has 0 aliphatic rings. The third kappa shape index (κ3) is 3.27. The van der Waals surface area contributed by atoms with Crippen LogP contribution in [0.4, 0.5) is 10.1 Å². The second kappa shape index (κ2) is 6.10. The molecular weight excluding hydrogens is 245 g/mol. The van der Waals surface area contributed by atoms with Gasteiger partial charge in [0.15, 0.2) is 0 Å². The molecule has 18 heavy (non-hydrogen) atoms. The van der Waals surface area contributed by atoms with Crippen LogP contribution in [0.15, 0.2) is 17.1 Å². The predicted molar refractivity (Wildman–Crippen MR) is 61.4 cm³/mol. The van der Waals surface area contributed by atoms with Gasteiger partial charge in [0.25, 0.3) is 11.9 Å². The maximum Gasteiger partial charge on any atom is 0.361 e. The number of halogens is 1. The Bertz CT molecular complexity index is 476. The van der Waals surface area contributed by atoms with E-state index in [-0.39, 0.29) is 4.68 Å². The van der Waals surface area contributed by atoms with Gasteiger partial charge < -0.3 is 14.7 Å². The van der Waals surface area contributed by atoms with Gasteiger partial charge in [-0.1, -0.05) is 0 Å². The van der Waals surface area contributed by atoms with Crippen LogP contribution in [0.2, 0.25) is 0 Å². The molecule has 1 N–H and O–H groups in total. The Labute approximate surface area is 102 Å². The minimum atomic E-state index is -2.48. The molecule has 1 unspecified atom stereocenters. The summed E-state index contributed by atoms with van der Waals surface area (Å²) in [6, 6.07) is 1.12. The van der Waals surface area contributed by atoms with E-state index in [0.29, 0.717) is 18.8 Å². The smallest absolute Gasteiger partial charge is 0.361 e. The van der Waals surface area contributed by atoms with E-state index >= 15 is 0 Å². The molecule has 0 spiro atoms. The van der Waals surface area contributed by atoms with Crippen molar-refractivity contribution >= 4 is 11.7 Å². The Morgan fingerprint density at radius 3 is 2.89 bits per heavy atom. The third-order valence-electron chi connectivity index (χ3n) is 2.30. The number of anilines is 1. The van der Waals surface area contributed by atoms with Crippen molar-refractivity contribution in [1.82, 2.24) is 9.78 Å². The number of likely N-dealkylation sites (N-methyl/N-ethyl adjacent to an activating group) is 1. The Morgan fingerprint density at radius 2 is 2.39 bits per heavy atom. The second-order valence-electron chi connectivity index (χ2n) is 3.58. The zero-order chi connectivity index (χ0) is 13.7. The normalized spacial score (nSPS) is 12.2. The number of hydrogen-bond acceptors (Lipinski definition) is 5. The summed E-state index contributed by atoms with van der Waals surface area (Å²) >= 11 is 0. The molecule has 0 aliphatic heterocycles. The number of ether oxygens (including phenoxy) is 1. The van der Waals surface area contributed by atoms with Crippen LogP contribution in [0.25, 0.3) is 0 Å². The van der Waals surface area contributed by atoms with Crippen LogP contribution in [-0.4, -0.2) is 48.2 Å². The summed E-state index contributed by atoms with van der Waals surface area (Å²) < 4.78 is 18.3. The first-order chi connectivity index (χ1) is 8.47. The fraction of sp³-hybridized carbons (Fsp3) is 0.500. The fourth-order valence-electron chi connectivity index (χ4n) is 1.25. The van der Waals surface area contributed by atoms with Crippen LogP contribution in [0, 0.1) is 0 Å². The van der Waals surface area contributed by atoms with Gasteiger partial charge in [-0.15, -0.1) is 0 Å². The maximum absolute atomic E-state index is 13.1. The number of carbonyl (C=O) groups is 1. The van der Waals surface area contributed by atoms with Crippen LogP contribution in [-0.2, 0) is 9.53 Å². The Morgan fingerprint density at radius 1 is 1.72 bits per heavy atom. The lowest BCUT2D eigenvalue weighted by molar-refractivity contribution is -0.147. The predicted octanol–water partition coefficient (Wildman–Crippen LogP) is -0.121. The molecule has 0 aromatic carbocycles. The molecule has 0 aliphatic carbocycles. The third-order valence-corrected chi connectivity index (χ3v) is 2.30. The molecule has 1 atom stereocenters. The van der Waals surface area contributed by atoms with Gasteiger partial charge in [-0.2, -0.15) is 9.78 Å². The SMILES string of the molecule is COCCN(C)c1cnn(C(F)C(=O)O)c(=O)c1. The van der Waals surface area contributed by atoms with Crippen molar-refractivity contribution in [3.8, 4) is 0 Å². The molecule has 0 bridgehead atoms. The van der Waals surface area contributed by atoms with Gasteiger partial charge >= 0.3 is 5.97 Å². The van der Waals surface area contributed by atoms with Crippen molar-refractivity contribution < 1.29 is 19.0 Å². The van der Waals surface area contributed by atoms with Gasteiger partial charge in [-0.3, -0.25) is 4.79 Å². The van der Waals surface area contributed by atoms with Crippen molar-refractivity contribution in [3.05, 3.63) is 22.6 Å². The Kier molecular flexibility index (Phi) is 4.78. The summed E-state index contributed by atoms with van der Waals surface area (Å²) in [5, 5.41) is 11.9. The zero-order valence-corrected chi connectivity index (χ0v) is 10.0. The van der Waals surface area contributed by atoms with E-state index in [1.165, 1.54) is 6.20 Å². The molecule has 100 valence electrons. The first-order valence-corrected chi connectivity index (χ1v) is 5.13. The first kappa shape index (κ1) is 14.1. The first-order valence-electron chi connectivity index (χ1n) is 5.13. The number of hydrogen-bond donors (Lipinski definition) is 1. The summed E-state index contributed by atoms with van der Waals surface area (Å²) in [5.74, 6) is -1.76. The largest absolute Gasteiger partial charge is 0.478 e. The summed E-state index contributed by atoms with van der Waals surface area (Å²) in [7, 11) is 3.26. The van der Waals surface area contributed by atoms with Crippen molar-refractivity contribution in [1.29, 1.82) is 0 Å². The highest BCUT2D eigenvalue weighted by molar-refractivity contribution is 5.69. The molecule has 0 fully saturated rings. The van der Waals surface area contributed by atoms with Crippen LogP contribution in [0.1, 0.15) is 6.30 Å².